The summed E-state index contributed by atoms with van der Waals surface area (Å²) >= 11 is 0. The van der Waals surface area contributed by atoms with E-state index in [9.17, 15) is 14.7 Å². The number of carbonyl (C=O) groups is 1. The molecule has 1 aliphatic heterocycles. The molecule has 144 valence electrons. The Bertz CT molecular complexity index is 1100. The van der Waals surface area contributed by atoms with Crippen molar-refractivity contribution in [2.45, 2.75) is 18.1 Å². The van der Waals surface area contributed by atoms with Crippen LogP contribution in [0.25, 0.3) is 11.0 Å². The minimum atomic E-state index is -2.23. The number of hydrogen-bond donors (Lipinski definition) is 1. The third-order valence-electron chi connectivity index (χ3n) is 4.92. The number of para-hydroxylation sites is 1. The van der Waals surface area contributed by atoms with Gasteiger partial charge in [-0.25, -0.2) is 9.59 Å². The van der Waals surface area contributed by atoms with Crippen LogP contribution in [0.2, 0.25) is 0 Å². The average Bonchev–Trinajstić information content (AvgIpc) is 2.72. The molecule has 3 aromatic rings. The standard InChI is InChI=1S/C21H18O7/c1-25-13-9-7-12(8-10-13)15-11-21(24,20(23)26-2)28-18-14-5-3-4-6-16(14)27-19(22)17(15)18/h3-10,15,24H,11H2,1-2H3/t15-,21+/m1/s1. The smallest absolute Gasteiger partial charge is 0.379 e. The lowest BCUT2D eigenvalue weighted by atomic mass is 9.83. The second-order valence-corrected chi connectivity index (χ2v) is 6.54. The highest BCUT2D eigenvalue weighted by atomic mass is 16.7. The molecule has 0 bridgehead atoms. The SMILES string of the molecule is COC(=O)[C@]1(O)C[C@H](c2ccc(OC)cc2)c2c(c3ccccc3oc2=O)O1. The molecule has 2 aromatic carbocycles. The van der Waals surface area contributed by atoms with E-state index in [1.54, 1.807) is 55.6 Å². The number of benzene rings is 2. The monoisotopic (exact) mass is 382 g/mol. The topological polar surface area (TPSA) is 95.2 Å². The summed E-state index contributed by atoms with van der Waals surface area (Å²) in [6.07, 6.45) is -0.192. The van der Waals surface area contributed by atoms with Gasteiger partial charge < -0.3 is 23.7 Å². The highest BCUT2D eigenvalue weighted by Crippen LogP contribution is 2.45. The molecule has 2 heterocycles. The molecule has 0 saturated heterocycles. The summed E-state index contributed by atoms with van der Waals surface area (Å²) in [7, 11) is 2.72. The van der Waals surface area contributed by atoms with Crippen LogP contribution >= 0.6 is 0 Å². The highest BCUT2D eigenvalue weighted by molar-refractivity contribution is 5.87. The molecular formula is C21H18O7. The summed E-state index contributed by atoms with van der Waals surface area (Å²) in [5.74, 6) is -3.05. The van der Waals surface area contributed by atoms with Crippen molar-refractivity contribution >= 4 is 16.9 Å². The van der Waals surface area contributed by atoms with Crippen LogP contribution in [0.1, 0.15) is 23.5 Å². The van der Waals surface area contributed by atoms with Crippen LogP contribution in [0.4, 0.5) is 0 Å². The molecule has 4 rings (SSSR count). The Kier molecular flexibility index (Phi) is 4.31. The first-order valence-electron chi connectivity index (χ1n) is 8.66. The number of esters is 1. The number of hydrogen-bond acceptors (Lipinski definition) is 7. The lowest BCUT2D eigenvalue weighted by Crippen LogP contribution is -2.50. The molecule has 1 aliphatic rings. The summed E-state index contributed by atoms with van der Waals surface area (Å²) in [6, 6.07) is 13.8. The van der Waals surface area contributed by atoms with Gasteiger partial charge in [0.25, 0.3) is 0 Å². The molecule has 0 aliphatic carbocycles. The quantitative estimate of drug-likeness (QED) is 0.549. The number of fused-ring (bicyclic) bond motifs is 3. The molecule has 0 saturated carbocycles. The Hall–Kier alpha value is -3.32. The molecule has 1 N–H and O–H groups in total. The molecule has 28 heavy (non-hydrogen) atoms. The molecule has 0 radical (unpaired) electrons. The fourth-order valence-corrected chi connectivity index (χ4v) is 3.54. The van der Waals surface area contributed by atoms with Crippen molar-refractivity contribution in [3.8, 4) is 11.5 Å². The zero-order valence-corrected chi connectivity index (χ0v) is 15.3. The predicted octanol–water partition coefficient (Wildman–Crippen LogP) is 2.58. The van der Waals surface area contributed by atoms with E-state index in [0.29, 0.717) is 22.3 Å². The summed E-state index contributed by atoms with van der Waals surface area (Å²) < 4.78 is 21.0. The van der Waals surface area contributed by atoms with Gasteiger partial charge in [0.05, 0.1) is 25.2 Å². The third-order valence-corrected chi connectivity index (χ3v) is 4.92. The number of ether oxygens (including phenoxy) is 3. The summed E-state index contributed by atoms with van der Waals surface area (Å²) in [5, 5.41) is 11.4. The van der Waals surface area contributed by atoms with Crippen LogP contribution in [0.5, 0.6) is 11.5 Å². The van der Waals surface area contributed by atoms with Gasteiger partial charge in [0.2, 0.25) is 0 Å². The summed E-state index contributed by atoms with van der Waals surface area (Å²) in [6.45, 7) is 0. The van der Waals surface area contributed by atoms with E-state index in [1.165, 1.54) is 7.11 Å². The number of carbonyl (C=O) groups excluding carboxylic acids is 1. The van der Waals surface area contributed by atoms with Crippen LogP contribution in [0.15, 0.2) is 57.7 Å². The van der Waals surface area contributed by atoms with Crippen LogP contribution in [0.3, 0.4) is 0 Å². The van der Waals surface area contributed by atoms with Crippen molar-refractivity contribution in [3.05, 3.63) is 70.1 Å². The van der Waals surface area contributed by atoms with Gasteiger partial charge in [-0.3, -0.25) is 0 Å². The Labute approximate surface area is 160 Å². The second-order valence-electron chi connectivity index (χ2n) is 6.54. The van der Waals surface area contributed by atoms with Gasteiger partial charge >= 0.3 is 17.4 Å². The van der Waals surface area contributed by atoms with Gasteiger partial charge in [0.15, 0.2) is 0 Å². The normalized spacial score (nSPS) is 20.9. The van der Waals surface area contributed by atoms with Crippen LogP contribution in [-0.2, 0) is 9.53 Å². The molecular weight excluding hydrogens is 364 g/mol. The number of methoxy groups -OCH3 is 2. The second kappa shape index (κ2) is 6.69. The van der Waals surface area contributed by atoms with E-state index in [-0.39, 0.29) is 17.7 Å². The molecule has 0 unspecified atom stereocenters. The first-order valence-corrected chi connectivity index (χ1v) is 8.66. The molecule has 7 heteroatoms. The Balaban J connectivity index is 1.97. The molecule has 1 aromatic heterocycles. The minimum Gasteiger partial charge on any atom is -0.497 e. The largest absolute Gasteiger partial charge is 0.497 e. The van der Waals surface area contributed by atoms with Gasteiger partial charge in [-0.15, -0.1) is 0 Å². The summed E-state index contributed by atoms with van der Waals surface area (Å²) in [5.41, 5.74) is 0.669. The van der Waals surface area contributed by atoms with Crippen molar-refractivity contribution in [3.63, 3.8) is 0 Å². The third kappa shape index (κ3) is 2.80. The van der Waals surface area contributed by atoms with Crippen LogP contribution in [0, 0.1) is 0 Å². The van der Waals surface area contributed by atoms with Crippen molar-refractivity contribution < 1.29 is 28.5 Å². The average molecular weight is 382 g/mol. The van der Waals surface area contributed by atoms with Crippen molar-refractivity contribution in [2.24, 2.45) is 0 Å². The van der Waals surface area contributed by atoms with Gasteiger partial charge in [-0.2, -0.15) is 0 Å². The molecule has 0 spiro atoms. The number of aliphatic hydroxyl groups is 1. The Morgan fingerprint density at radius 2 is 1.86 bits per heavy atom. The first-order chi connectivity index (χ1) is 13.5. The molecule has 0 amide bonds. The van der Waals surface area contributed by atoms with Crippen molar-refractivity contribution in [2.75, 3.05) is 14.2 Å². The highest BCUT2D eigenvalue weighted by Gasteiger charge is 2.49. The van der Waals surface area contributed by atoms with E-state index in [1.807, 2.05) is 0 Å². The van der Waals surface area contributed by atoms with Gasteiger partial charge in [0, 0.05) is 12.3 Å². The maximum atomic E-state index is 12.8. The summed E-state index contributed by atoms with van der Waals surface area (Å²) in [4.78, 5) is 25.0. The van der Waals surface area contributed by atoms with E-state index in [2.05, 4.69) is 0 Å². The fraction of sp³-hybridized carbons (Fsp3) is 0.238. The maximum Gasteiger partial charge on any atom is 0.379 e. The van der Waals surface area contributed by atoms with E-state index in [4.69, 9.17) is 18.6 Å². The molecule has 2 atom stereocenters. The molecule has 0 fully saturated rings. The minimum absolute atomic E-state index is 0.117. The zero-order chi connectivity index (χ0) is 19.9. The molecule has 7 nitrogen and oxygen atoms in total. The number of rotatable bonds is 3. The predicted molar refractivity (Wildman–Crippen MR) is 99.5 cm³/mol. The Morgan fingerprint density at radius 1 is 1.14 bits per heavy atom. The zero-order valence-electron chi connectivity index (χ0n) is 15.3. The first kappa shape index (κ1) is 18.1. The van der Waals surface area contributed by atoms with E-state index in [0.717, 1.165) is 0 Å². The van der Waals surface area contributed by atoms with Crippen LogP contribution in [-0.4, -0.2) is 31.1 Å². The van der Waals surface area contributed by atoms with E-state index >= 15 is 0 Å². The lowest BCUT2D eigenvalue weighted by Gasteiger charge is -2.36. The van der Waals surface area contributed by atoms with E-state index < -0.39 is 23.3 Å². The van der Waals surface area contributed by atoms with Crippen molar-refractivity contribution in [1.82, 2.24) is 0 Å². The van der Waals surface area contributed by atoms with Crippen LogP contribution < -0.4 is 15.1 Å². The van der Waals surface area contributed by atoms with Gasteiger partial charge in [0.1, 0.15) is 17.1 Å². The maximum absolute atomic E-state index is 12.8. The van der Waals surface area contributed by atoms with Crippen molar-refractivity contribution in [1.29, 1.82) is 0 Å². The van der Waals surface area contributed by atoms with Gasteiger partial charge in [-0.1, -0.05) is 24.3 Å². The fourth-order valence-electron chi connectivity index (χ4n) is 3.54. The van der Waals surface area contributed by atoms with Gasteiger partial charge in [-0.05, 0) is 29.8 Å². The lowest BCUT2D eigenvalue weighted by molar-refractivity contribution is -0.202. The Morgan fingerprint density at radius 3 is 2.54 bits per heavy atom.